The summed E-state index contributed by atoms with van der Waals surface area (Å²) in [5.41, 5.74) is 0. The summed E-state index contributed by atoms with van der Waals surface area (Å²) in [6.45, 7) is 3.03. The summed E-state index contributed by atoms with van der Waals surface area (Å²) in [5.74, 6) is 0.575. The van der Waals surface area contributed by atoms with Gasteiger partial charge in [-0.25, -0.2) is 0 Å². The van der Waals surface area contributed by atoms with Crippen molar-refractivity contribution in [2.45, 2.75) is 76.8 Å². The molecule has 2 heterocycles. The number of methoxy groups -OCH3 is 1. The molecule has 4 atom stereocenters. The Bertz CT molecular complexity index is 232. The number of hydrogen-bond donors (Lipinski definition) is 0. The van der Waals surface area contributed by atoms with Crippen molar-refractivity contribution >= 4 is 0 Å². The Morgan fingerprint density at radius 1 is 1.11 bits per heavy atom. The first-order valence-electron chi connectivity index (χ1n) is 7.65. The smallest absolute Gasteiger partial charge is 0.158 e. The number of hydrogen-bond acceptors (Lipinski definition) is 3. The van der Waals surface area contributed by atoms with E-state index in [4.69, 9.17) is 14.2 Å². The van der Waals surface area contributed by atoms with E-state index in [-0.39, 0.29) is 6.29 Å². The van der Waals surface area contributed by atoms with E-state index < -0.39 is 0 Å². The average molecular weight is 256 g/mol. The molecule has 2 aliphatic rings. The first kappa shape index (κ1) is 14.3. The van der Waals surface area contributed by atoms with Crippen molar-refractivity contribution in [3.63, 3.8) is 0 Å². The quantitative estimate of drug-likeness (QED) is 0.622. The zero-order chi connectivity index (χ0) is 12.8. The highest BCUT2D eigenvalue weighted by Crippen LogP contribution is 2.38. The van der Waals surface area contributed by atoms with Crippen molar-refractivity contribution in [2.75, 3.05) is 13.7 Å². The molecule has 18 heavy (non-hydrogen) atoms. The largest absolute Gasteiger partial charge is 0.375 e. The monoisotopic (exact) mass is 256 g/mol. The molecule has 106 valence electrons. The van der Waals surface area contributed by atoms with Crippen LogP contribution >= 0.6 is 0 Å². The van der Waals surface area contributed by atoms with Crippen LogP contribution in [0.15, 0.2) is 0 Å². The molecule has 0 saturated carbocycles. The van der Waals surface area contributed by atoms with Gasteiger partial charge in [0.2, 0.25) is 0 Å². The van der Waals surface area contributed by atoms with Crippen molar-refractivity contribution in [3.8, 4) is 0 Å². The number of rotatable bonds is 8. The first-order chi connectivity index (χ1) is 8.85. The van der Waals surface area contributed by atoms with Crippen molar-refractivity contribution < 1.29 is 14.2 Å². The molecule has 0 radical (unpaired) electrons. The first-order valence-corrected chi connectivity index (χ1v) is 7.65. The lowest BCUT2D eigenvalue weighted by atomic mass is 9.93. The lowest BCUT2D eigenvalue weighted by molar-refractivity contribution is -0.123. The van der Waals surface area contributed by atoms with E-state index in [1.165, 1.54) is 44.9 Å². The molecule has 2 saturated heterocycles. The van der Waals surface area contributed by atoms with Crippen molar-refractivity contribution in [1.82, 2.24) is 0 Å². The molecular weight excluding hydrogens is 228 g/mol. The fourth-order valence-electron chi connectivity index (χ4n) is 3.20. The molecule has 0 bridgehead atoms. The zero-order valence-corrected chi connectivity index (χ0v) is 11.9. The Hall–Kier alpha value is -0.120. The molecule has 0 amide bonds. The van der Waals surface area contributed by atoms with Crippen LogP contribution in [0.1, 0.15) is 58.3 Å². The van der Waals surface area contributed by atoms with E-state index in [0.29, 0.717) is 18.1 Å². The van der Waals surface area contributed by atoms with Crippen LogP contribution in [-0.2, 0) is 14.2 Å². The minimum atomic E-state index is 0.0101. The molecule has 2 fully saturated rings. The third-order valence-corrected chi connectivity index (χ3v) is 4.33. The highest BCUT2D eigenvalue weighted by Gasteiger charge is 2.45. The lowest BCUT2D eigenvalue weighted by Gasteiger charge is -2.16. The Morgan fingerprint density at radius 3 is 2.67 bits per heavy atom. The Morgan fingerprint density at radius 2 is 1.89 bits per heavy atom. The topological polar surface area (TPSA) is 27.7 Å². The van der Waals surface area contributed by atoms with Gasteiger partial charge in [0, 0.05) is 19.4 Å². The van der Waals surface area contributed by atoms with Crippen LogP contribution in [-0.4, -0.2) is 32.2 Å². The van der Waals surface area contributed by atoms with Gasteiger partial charge in [0.1, 0.15) is 0 Å². The predicted molar refractivity (Wildman–Crippen MR) is 71.5 cm³/mol. The van der Waals surface area contributed by atoms with Gasteiger partial charge in [0.05, 0.1) is 18.8 Å². The SMILES string of the molecule is CCCCCCCC[C@H]1OC[C@H]2O[C@H](OC)C[C@@H]12. The van der Waals surface area contributed by atoms with Crippen molar-refractivity contribution in [2.24, 2.45) is 5.92 Å². The standard InChI is InChI=1S/C15H28O3/c1-3-4-5-6-7-8-9-13-12-10-15(16-2)18-14(12)11-17-13/h12-15H,3-11H2,1-2H3/t12-,13+,14+,15-/m0/s1. The maximum absolute atomic E-state index is 5.86. The highest BCUT2D eigenvalue weighted by molar-refractivity contribution is 4.89. The van der Waals surface area contributed by atoms with E-state index in [1.54, 1.807) is 7.11 Å². The molecule has 3 heteroatoms. The van der Waals surface area contributed by atoms with Gasteiger partial charge < -0.3 is 14.2 Å². The number of fused-ring (bicyclic) bond motifs is 1. The van der Waals surface area contributed by atoms with E-state index in [2.05, 4.69) is 6.92 Å². The molecule has 0 aromatic heterocycles. The maximum atomic E-state index is 5.86. The van der Waals surface area contributed by atoms with Gasteiger partial charge in [-0.05, 0) is 6.42 Å². The van der Waals surface area contributed by atoms with E-state index >= 15 is 0 Å². The molecule has 0 N–H and O–H groups in total. The van der Waals surface area contributed by atoms with Crippen molar-refractivity contribution in [3.05, 3.63) is 0 Å². The van der Waals surface area contributed by atoms with Gasteiger partial charge in [0.15, 0.2) is 6.29 Å². The van der Waals surface area contributed by atoms with Crippen LogP contribution in [0.25, 0.3) is 0 Å². The van der Waals surface area contributed by atoms with Crippen LogP contribution in [0.4, 0.5) is 0 Å². The van der Waals surface area contributed by atoms with E-state index in [1.807, 2.05) is 0 Å². The Kier molecular flexibility index (Phi) is 5.93. The summed E-state index contributed by atoms with van der Waals surface area (Å²) in [6.07, 6.45) is 11.1. The zero-order valence-electron chi connectivity index (χ0n) is 11.9. The van der Waals surface area contributed by atoms with Crippen molar-refractivity contribution in [1.29, 1.82) is 0 Å². The summed E-state index contributed by atoms with van der Waals surface area (Å²) in [4.78, 5) is 0. The van der Waals surface area contributed by atoms with E-state index in [0.717, 1.165) is 13.0 Å². The van der Waals surface area contributed by atoms with Gasteiger partial charge in [0.25, 0.3) is 0 Å². The normalized spacial score (nSPS) is 35.0. The second kappa shape index (κ2) is 7.46. The average Bonchev–Trinajstić information content (AvgIpc) is 2.94. The molecule has 0 unspecified atom stereocenters. The summed E-state index contributed by atoms with van der Waals surface area (Å²) in [6, 6.07) is 0. The summed E-state index contributed by atoms with van der Waals surface area (Å²) < 4.78 is 16.9. The van der Waals surface area contributed by atoms with Crippen LogP contribution in [0, 0.1) is 5.92 Å². The molecule has 2 aliphatic heterocycles. The fraction of sp³-hybridized carbons (Fsp3) is 1.00. The Labute approximate surface area is 111 Å². The Balaban J connectivity index is 1.59. The summed E-state index contributed by atoms with van der Waals surface area (Å²) in [5, 5.41) is 0. The van der Waals surface area contributed by atoms with Crippen LogP contribution in [0.5, 0.6) is 0 Å². The minimum absolute atomic E-state index is 0.0101. The number of ether oxygens (including phenoxy) is 3. The van der Waals surface area contributed by atoms with Gasteiger partial charge in [-0.3, -0.25) is 0 Å². The molecule has 0 aromatic carbocycles. The second-order valence-electron chi connectivity index (χ2n) is 5.67. The highest BCUT2D eigenvalue weighted by atomic mass is 16.7. The molecule has 0 spiro atoms. The lowest BCUT2D eigenvalue weighted by Crippen LogP contribution is -2.19. The molecule has 0 aromatic rings. The van der Waals surface area contributed by atoms with Gasteiger partial charge >= 0.3 is 0 Å². The molecule has 2 rings (SSSR count). The van der Waals surface area contributed by atoms with Gasteiger partial charge in [-0.2, -0.15) is 0 Å². The third kappa shape index (κ3) is 3.69. The fourth-order valence-corrected chi connectivity index (χ4v) is 3.20. The third-order valence-electron chi connectivity index (χ3n) is 4.33. The van der Waals surface area contributed by atoms with Gasteiger partial charge in [-0.15, -0.1) is 0 Å². The molecule has 0 aliphatic carbocycles. The van der Waals surface area contributed by atoms with Crippen LogP contribution in [0.3, 0.4) is 0 Å². The molecule has 3 nitrogen and oxygen atoms in total. The van der Waals surface area contributed by atoms with Gasteiger partial charge in [-0.1, -0.05) is 45.4 Å². The summed E-state index contributed by atoms with van der Waals surface area (Å²) >= 11 is 0. The second-order valence-corrected chi connectivity index (χ2v) is 5.67. The minimum Gasteiger partial charge on any atom is -0.375 e. The van der Waals surface area contributed by atoms with E-state index in [9.17, 15) is 0 Å². The number of unbranched alkanes of at least 4 members (excludes halogenated alkanes) is 5. The summed E-state index contributed by atoms with van der Waals surface area (Å²) in [7, 11) is 1.73. The predicted octanol–water partition coefficient (Wildman–Crippen LogP) is 3.51. The molecular formula is C15H28O3. The maximum Gasteiger partial charge on any atom is 0.158 e. The van der Waals surface area contributed by atoms with Crippen LogP contribution < -0.4 is 0 Å². The van der Waals surface area contributed by atoms with Crippen LogP contribution in [0.2, 0.25) is 0 Å².